The average Bonchev–Trinajstić information content (AvgIpc) is 2.62. The summed E-state index contributed by atoms with van der Waals surface area (Å²) in [6, 6.07) is 0.461. The standard InChI is InChI=1S/C13H21NO2/c1-4-10(2)8-12(9-13(15)16)14-7-5-6-11(14)3/h4,9-11H,1,5-8H2,2-3H3,(H,15,16)/b12-9-/t10-,11-/m0/s1. The lowest BCUT2D eigenvalue weighted by atomic mass is 10.0. The van der Waals surface area contributed by atoms with Crippen LogP contribution in [0.1, 0.15) is 33.1 Å². The van der Waals surface area contributed by atoms with Crippen LogP contribution in [0.3, 0.4) is 0 Å². The van der Waals surface area contributed by atoms with Gasteiger partial charge < -0.3 is 10.0 Å². The summed E-state index contributed by atoms with van der Waals surface area (Å²) < 4.78 is 0. The SMILES string of the molecule is C=C[C@H](C)C/C(=C/C(=O)O)N1CCC[C@@H]1C. The van der Waals surface area contributed by atoms with Crippen LogP contribution in [-0.4, -0.2) is 28.6 Å². The summed E-state index contributed by atoms with van der Waals surface area (Å²) in [6.45, 7) is 8.93. The number of carboxylic acid groups (broad SMARTS) is 1. The Balaban J connectivity index is 2.78. The molecule has 1 fully saturated rings. The van der Waals surface area contributed by atoms with E-state index in [9.17, 15) is 4.79 Å². The van der Waals surface area contributed by atoms with Gasteiger partial charge in [0.1, 0.15) is 0 Å². The topological polar surface area (TPSA) is 40.5 Å². The smallest absolute Gasteiger partial charge is 0.330 e. The third-order valence-corrected chi connectivity index (χ3v) is 3.15. The Bertz CT molecular complexity index is 296. The lowest BCUT2D eigenvalue weighted by Crippen LogP contribution is -2.27. The Kier molecular flexibility index (Phi) is 4.59. The van der Waals surface area contributed by atoms with Crippen molar-refractivity contribution in [3.63, 3.8) is 0 Å². The molecule has 0 aliphatic carbocycles. The predicted molar refractivity (Wildman–Crippen MR) is 65.1 cm³/mol. The Morgan fingerprint density at radius 1 is 1.69 bits per heavy atom. The molecule has 1 rings (SSSR count). The summed E-state index contributed by atoms with van der Waals surface area (Å²) in [4.78, 5) is 13.0. The Hall–Kier alpha value is -1.25. The maximum absolute atomic E-state index is 10.8. The minimum Gasteiger partial charge on any atom is -0.478 e. The molecule has 1 N–H and O–H groups in total. The second-order valence-corrected chi connectivity index (χ2v) is 4.58. The lowest BCUT2D eigenvalue weighted by molar-refractivity contribution is -0.131. The van der Waals surface area contributed by atoms with Crippen LogP contribution in [0.5, 0.6) is 0 Å². The van der Waals surface area contributed by atoms with Gasteiger partial charge in [0, 0.05) is 24.4 Å². The minimum atomic E-state index is -0.856. The summed E-state index contributed by atoms with van der Waals surface area (Å²) in [5.41, 5.74) is 0.935. The monoisotopic (exact) mass is 223 g/mol. The van der Waals surface area contributed by atoms with E-state index in [0.29, 0.717) is 12.0 Å². The number of aliphatic carboxylic acids is 1. The zero-order chi connectivity index (χ0) is 12.1. The lowest BCUT2D eigenvalue weighted by Gasteiger charge is -2.27. The van der Waals surface area contributed by atoms with Crippen LogP contribution in [-0.2, 0) is 4.79 Å². The fraction of sp³-hybridized carbons (Fsp3) is 0.615. The van der Waals surface area contributed by atoms with Gasteiger partial charge in [0.05, 0.1) is 0 Å². The molecule has 1 heterocycles. The third-order valence-electron chi connectivity index (χ3n) is 3.15. The highest BCUT2D eigenvalue weighted by Gasteiger charge is 2.23. The van der Waals surface area contributed by atoms with Crippen LogP contribution >= 0.6 is 0 Å². The molecule has 0 aromatic rings. The van der Waals surface area contributed by atoms with Gasteiger partial charge in [0.2, 0.25) is 0 Å². The number of hydrogen-bond acceptors (Lipinski definition) is 2. The van der Waals surface area contributed by atoms with Crippen molar-refractivity contribution in [2.75, 3.05) is 6.54 Å². The molecule has 0 radical (unpaired) electrons. The van der Waals surface area contributed by atoms with E-state index >= 15 is 0 Å². The first kappa shape index (κ1) is 12.8. The number of hydrogen-bond donors (Lipinski definition) is 1. The number of carbonyl (C=O) groups is 1. The quantitative estimate of drug-likeness (QED) is 0.575. The molecule has 3 nitrogen and oxygen atoms in total. The number of carboxylic acids is 1. The van der Waals surface area contributed by atoms with Crippen molar-refractivity contribution in [3.05, 3.63) is 24.4 Å². The highest BCUT2D eigenvalue weighted by Crippen LogP contribution is 2.26. The largest absolute Gasteiger partial charge is 0.478 e. The zero-order valence-corrected chi connectivity index (χ0v) is 10.1. The van der Waals surface area contributed by atoms with Crippen LogP contribution in [0, 0.1) is 5.92 Å². The fourth-order valence-corrected chi connectivity index (χ4v) is 2.17. The van der Waals surface area contributed by atoms with Gasteiger partial charge in [-0.2, -0.15) is 0 Å². The Morgan fingerprint density at radius 3 is 2.81 bits per heavy atom. The number of likely N-dealkylation sites (tertiary alicyclic amines) is 1. The minimum absolute atomic E-state index is 0.318. The molecule has 16 heavy (non-hydrogen) atoms. The van der Waals surface area contributed by atoms with E-state index in [1.807, 2.05) is 6.08 Å². The van der Waals surface area contributed by atoms with Crippen molar-refractivity contribution in [2.24, 2.45) is 5.92 Å². The molecule has 1 aliphatic heterocycles. The molecule has 2 atom stereocenters. The van der Waals surface area contributed by atoms with E-state index in [4.69, 9.17) is 5.11 Å². The first-order chi connectivity index (χ1) is 7.54. The second kappa shape index (κ2) is 5.73. The first-order valence-corrected chi connectivity index (χ1v) is 5.87. The molecule has 0 aromatic heterocycles. The van der Waals surface area contributed by atoms with Crippen molar-refractivity contribution in [2.45, 2.75) is 39.2 Å². The van der Waals surface area contributed by atoms with Crippen molar-refractivity contribution in [3.8, 4) is 0 Å². The van der Waals surface area contributed by atoms with E-state index in [1.54, 1.807) is 0 Å². The molecule has 3 heteroatoms. The third kappa shape index (κ3) is 3.40. The van der Waals surface area contributed by atoms with E-state index in [1.165, 1.54) is 6.08 Å². The molecule has 1 saturated heterocycles. The van der Waals surface area contributed by atoms with Gasteiger partial charge in [-0.3, -0.25) is 0 Å². The number of allylic oxidation sites excluding steroid dienone is 2. The molecule has 1 aliphatic rings. The van der Waals surface area contributed by atoms with Gasteiger partial charge >= 0.3 is 5.97 Å². The molecular weight excluding hydrogens is 202 g/mol. The molecule has 0 spiro atoms. The highest BCUT2D eigenvalue weighted by molar-refractivity contribution is 5.80. The molecule has 0 saturated carbocycles. The van der Waals surface area contributed by atoms with Crippen molar-refractivity contribution >= 4 is 5.97 Å². The Morgan fingerprint density at radius 2 is 2.38 bits per heavy atom. The number of nitrogens with zero attached hydrogens (tertiary/aromatic N) is 1. The van der Waals surface area contributed by atoms with E-state index in [2.05, 4.69) is 25.3 Å². The van der Waals surface area contributed by atoms with Crippen LogP contribution in [0.4, 0.5) is 0 Å². The first-order valence-electron chi connectivity index (χ1n) is 5.87. The highest BCUT2D eigenvalue weighted by atomic mass is 16.4. The van der Waals surface area contributed by atoms with Crippen LogP contribution in [0.25, 0.3) is 0 Å². The maximum atomic E-state index is 10.8. The normalized spacial score (nSPS) is 23.2. The molecule has 0 amide bonds. The van der Waals surface area contributed by atoms with E-state index in [0.717, 1.165) is 31.5 Å². The van der Waals surface area contributed by atoms with E-state index < -0.39 is 5.97 Å². The van der Waals surface area contributed by atoms with Crippen LogP contribution in [0.15, 0.2) is 24.4 Å². The van der Waals surface area contributed by atoms with Gasteiger partial charge in [0.25, 0.3) is 0 Å². The van der Waals surface area contributed by atoms with Gasteiger partial charge in [-0.1, -0.05) is 13.0 Å². The summed E-state index contributed by atoms with van der Waals surface area (Å²) in [5, 5.41) is 8.89. The predicted octanol–water partition coefficient (Wildman–Crippen LogP) is 2.65. The Labute approximate surface area is 97.4 Å². The van der Waals surface area contributed by atoms with Crippen LogP contribution < -0.4 is 0 Å². The van der Waals surface area contributed by atoms with Gasteiger partial charge in [0.15, 0.2) is 0 Å². The summed E-state index contributed by atoms with van der Waals surface area (Å²) in [7, 11) is 0. The average molecular weight is 223 g/mol. The van der Waals surface area contributed by atoms with Gasteiger partial charge in [-0.05, 0) is 32.1 Å². The van der Waals surface area contributed by atoms with Crippen molar-refractivity contribution in [1.29, 1.82) is 0 Å². The number of rotatable bonds is 5. The molecule has 0 unspecified atom stereocenters. The van der Waals surface area contributed by atoms with E-state index in [-0.39, 0.29) is 0 Å². The maximum Gasteiger partial charge on any atom is 0.330 e. The van der Waals surface area contributed by atoms with Gasteiger partial charge in [-0.15, -0.1) is 6.58 Å². The van der Waals surface area contributed by atoms with Crippen LogP contribution in [0.2, 0.25) is 0 Å². The zero-order valence-electron chi connectivity index (χ0n) is 10.1. The summed E-state index contributed by atoms with van der Waals surface area (Å²) >= 11 is 0. The molecule has 0 bridgehead atoms. The molecular formula is C13H21NO2. The fourth-order valence-electron chi connectivity index (χ4n) is 2.17. The molecule has 0 aromatic carbocycles. The summed E-state index contributed by atoms with van der Waals surface area (Å²) in [6.07, 6.45) is 6.29. The van der Waals surface area contributed by atoms with Gasteiger partial charge in [-0.25, -0.2) is 4.79 Å². The summed E-state index contributed by atoms with van der Waals surface area (Å²) in [5.74, 6) is -0.538. The van der Waals surface area contributed by atoms with Crippen molar-refractivity contribution < 1.29 is 9.90 Å². The second-order valence-electron chi connectivity index (χ2n) is 4.58. The molecule has 90 valence electrons. The van der Waals surface area contributed by atoms with Crippen molar-refractivity contribution in [1.82, 2.24) is 4.90 Å².